The highest BCUT2D eigenvalue weighted by Gasteiger charge is 2.30. The second kappa shape index (κ2) is 7.11. The van der Waals surface area contributed by atoms with Crippen LogP contribution in [-0.4, -0.2) is 69.1 Å². The first-order valence-electron chi connectivity index (χ1n) is 8.24. The predicted molar refractivity (Wildman–Crippen MR) is 87.5 cm³/mol. The Kier molecular flexibility index (Phi) is 5.14. The lowest BCUT2D eigenvalue weighted by Gasteiger charge is -2.41. The molecule has 6 nitrogen and oxygen atoms in total. The van der Waals surface area contributed by atoms with Crippen LogP contribution in [0.15, 0.2) is 6.33 Å². The van der Waals surface area contributed by atoms with Gasteiger partial charge in [0.05, 0.1) is 6.10 Å². The van der Waals surface area contributed by atoms with E-state index in [0.717, 1.165) is 51.9 Å². The molecule has 0 aliphatic carbocycles. The van der Waals surface area contributed by atoms with E-state index in [-0.39, 0.29) is 12.0 Å². The van der Waals surface area contributed by atoms with Gasteiger partial charge in [-0.2, -0.15) is 0 Å². The summed E-state index contributed by atoms with van der Waals surface area (Å²) in [5.41, 5.74) is 1.05. The van der Waals surface area contributed by atoms with E-state index in [1.807, 2.05) is 4.90 Å². The highest BCUT2D eigenvalue weighted by atomic mass is 35.5. The van der Waals surface area contributed by atoms with Gasteiger partial charge >= 0.3 is 0 Å². The molecule has 1 aromatic rings. The topological polar surface area (TPSA) is 69.6 Å². The van der Waals surface area contributed by atoms with E-state index in [1.54, 1.807) is 6.92 Å². The van der Waals surface area contributed by atoms with E-state index < -0.39 is 0 Å². The third-order valence-corrected chi connectivity index (χ3v) is 5.37. The minimum atomic E-state index is -0.140. The molecule has 2 saturated heterocycles. The van der Waals surface area contributed by atoms with Crippen molar-refractivity contribution in [2.24, 2.45) is 0 Å². The molecule has 0 bridgehead atoms. The minimum Gasteiger partial charge on any atom is -0.393 e. The monoisotopic (exact) mass is 338 g/mol. The van der Waals surface area contributed by atoms with Gasteiger partial charge in [0.15, 0.2) is 0 Å². The molecule has 126 valence electrons. The highest BCUT2D eigenvalue weighted by molar-refractivity contribution is 6.30. The second-order valence-corrected chi connectivity index (χ2v) is 6.79. The number of likely N-dealkylation sites (tertiary alicyclic amines) is 2. The zero-order chi connectivity index (χ0) is 16.4. The van der Waals surface area contributed by atoms with Crippen LogP contribution in [0, 0.1) is 6.92 Å². The summed E-state index contributed by atoms with van der Waals surface area (Å²) >= 11 is 5.98. The average molecular weight is 339 g/mol. The molecule has 2 aliphatic heterocycles. The van der Waals surface area contributed by atoms with Crippen LogP contribution in [0.1, 0.15) is 41.7 Å². The van der Waals surface area contributed by atoms with Gasteiger partial charge in [0.2, 0.25) is 0 Å². The largest absolute Gasteiger partial charge is 0.393 e. The summed E-state index contributed by atoms with van der Waals surface area (Å²) in [5, 5.41) is 9.95. The maximum atomic E-state index is 12.6. The van der Waals surface area contributed by atoms with Crippen LogP contribution < -0.4 is 0 Å². The van der Waals surface area contributed by atoms with Crippen molar-refractivity contribution < 1.29 is 9.90 Å². The molecule has 3 heterocycles. The fraction of sp³-hybridized carbons (Fsp3) is 0.688. The third kappa shape index (κ3) is 3.65. The fourth-order valence-electron chi connectivity index (χ4n) is 3.48. The second-order valence-electron chi connectivity index (χ2n) is 6.43. The van der Waals surface area contributed by atoms with Gasteiger partial charge in [0.1, 0.15) is 17.2 Å². The number of hydrogen-bond donors (Lipinski definition) is 1. The molecule has 0 atom stereocenters. The maximum absolute atomic E-state index is 12.6. The Labute approximate surface area is 141 Å². The lowest BCUT2D eigenvalue weighted by Crippen LogP contribution is -2.49. The quantitative estimate of drug-likeness (QED) is 0.828. The molecule has 0 radical (unpaired) electrons. The number of aromatic nitrogens is 2. The molecular weight excluding hydrogens is 316 g/mol. The number of aliphatic hydroxyl groups excluding tert-OH is 1. The van der Waals surface area contributed by atoms with Gasteiger partial charge in [-0.15, -0.1) is 0 Å². The molecule has 3 rings (SSSR count). The number of rotatable bonds is 2. The summed E-state index contributed by atoms with van der Waals surface area (Å²) in [5.74, 6) is -0.0562. The molecule has 0 spiro atoms. The van der Waals surface area contributed by atoms with Crippen molar-refractivity contribution >= 4 is 17.5 Å². The number of carbonyl (C=O) groups excluding carboxylic acids is 1. The number of amides is 1. The molecule has 0 aromatic carbocycles. The Bertz CT molecular complexity index is 567. The maximum Gasteiger partial charge on any atom is 0.272 e. The zero-order valence-corrected chi connectivity index (χ0v) is 14.2. The number of halogens is 1. The van der Waals surface area contributed by atoms with Crippen LogP contribution in [0.4, 0.5) is 0 Å². The third-order valence-electron chi connectivity index (χ3n) is 4.99. The number of aliphatic hydroxyl groups is 1. The number of hydrogen-bond acceptors (Lipinski definition) is 5. The lowest BCUT2D eigenvalue weighted by atomic mass is 9.98. The van der Waals surface area contributed by atoms with Crippen molar-refractivity contribution in [3.8, 4) is 0 Å². The first-order valence-corrected chi connectivity index (χ1v) is 8.62. The normalized spacial score (nSPS) is 21.6. The summed E-state index contributed by atoms with van der Waals surface area (Å²) in [6.07, 6.45) is 4.86. The average Bonchev–Trinajstić information content (AvgIpc) is 2.58. The van der Waals surface area contributed by atoms with Crippen molar-refractivity contribution in [2.75, 3.05) is 26.2 Å². The fourth-order valence-corrected chi connectivity index (χ4v) is 3.61. The standard InChI is InChI=1S/C16H23ClN4O2/c1-11-14(18-10-19-15(11)17)16(23)21-6-2-12(3-7-21)20-8-4-13(22)5-9-20/h10,12-13,22H,2-9H2,1H3. The minimum absolute atomic E-state index is 0.0562. The summed E-state index contributed by atoms with van der Waals surface area (Å²) in [7, 11) is 0. The number of piperidine rings is 2. The van der Waals surface area contributed by atoms with Crippen LogP contribution in [0.3, 0.4) is 0 Å². The Morgan fingerprint density at radius 3 is 2.48 bits per heavy atom. The molecule has 1 aromatic heterocycles. The lowest BCUT2D eigenvalue weighted by molar-refractivity contribution is 0.0355. The van der Waals surface area contributed by atoms with Crippen molar-refractivity contribution in [1.82, 2.24) is 19.8 Å². The summed E-state index contributed by atoms with van der Waals surface area (Å²) in [4.78, 5) is 25.0. The summed E-state index contributed by atoms with van der Waals surface area (Å²) in [6, 6.07) is 0.515. The molecule has 1 amide bonds. The van der Waals surface area contributed by atoms with E-state index in [1.165, 1.54) is 6.33 Å². The van der Waals surface area contributed by atoms with Crippen molar-refractivity contribution in [1.29, 1.82) is 0 Å². The van der Waals surface area contributed by atoms with Crippen LogP contribution in [-0.2, 0) is 0 Å². The summed E-state index contributed by atoms with van der Waals surface area (Å²) < 4.78 is 0. The van der Waals surface area contributed by atoms with E-state index in [9.17, 15) is 9.90 Å². The first kappa shape index (κ1) is 16.6. The van der Waals surface area contributed by atoms with Crippen molar-refractivity contribution in [3.63, 3.8) is 0 Å². The molecule has 23 heavy (non-hydrogen) atoms. The number of carbonyl (C=O) groups is 1. The van der Waals surface area contributed by atoms with Gasteiger partial charge < -0.3 is 14.9 Å². The van der Waals surface area contributed by atoms with Gasteiger partial charge in [-0.05, 0) is 32.6 Å². The SMILES string of the molecule is Cc1c(Cl)ncnc1C(=O)N1CCC(N2CCC(O)CC2)CC1. The van der Waals surface area contributed by atoms with Crippen molar-refractivity contribution in [2.45, 2.75) is 44.8 Å². The molecule has 0 unspecified atom stereocenters. The van der Waals surface area contributed by atoms with Crippen molar-refractivity contribution in [3.05, 3.63) is 22.7 Å². The Morgan fingerprint density at radius 1 is 1.17 bits per heavy atom. The van der Waals surface area contributed by atoms with Gasteiger partial charge in [0.25, 0.3) is 5.91 Å². The molecule has 0 saturated carbocycles. The van der Waals surface area contributed by atoms with Gasteiger partial charge in [0, 0.05) is 37.8 Å². The van der Waals surface area contributed by atoms with E-state index in [0.29, 0.717) is 22.5 Å². The highest BCUT2D eigenvalue weighted by Crippen LogP contribution is 2.23. The first-order chi connectivity index (χ1) is 11.1. The molecule has 2 aliphatic rings. The summed E-state index contributed by atoms with van der Waals surface area (Å²) in [6.45, 7) is 5.18. The van der Waals surface area contributed by atoms with Gasteiger partial charge in [-0.3, -0.25) is 4.79 Å². The molecule has 1 N–H and O–H groups in total. The zero-order valence-electron chi connectivity index (χ0n) is 13.4. The molecule has 7 heteroatoms. The van der Waals surface area contributed by atoms with Crippen LogP contribution in [0.2, 0.25) is 5.15 Å². The smallest absolute Gasteiger partial charge is 0.272 e. The number of nitrogens with zero attached hydrogens (tertiary/aromatic N) is 4. The molecular formula is C16H23ClN4O2. The van der Waals surface area contributed by atoms with E-state index in [4.69, 9.17) is 11.6 Å². The Morgan fingerprint density at radius 2 is 1.83 bits per heavy atom. The molecule has 2 fully saturated rings. The van der Waals surface area contributed by atoms with Crippen LogP contribution in [0.5, 0.6) is 0 Å². The van der Waals surface area contributed by atoms with Crippen LogP contribution >= 0.6 is 11.6 Å². The predicted octanol–water partition coefficient (Wildman–Crippen LogP) is 1.50. The van der Waals surface area contributed by atoms with E-state index >= 15 is 0 Å². The van der Waals surface area contributed by atoms with Gasteiger partial charge in [-0.25, -0.2) is 9.97 Å². The van der Waals surface area contributed by atoms with E-state index in [2.05, 4.69) is 14.9 Å². The van der Waals surface area contributed by atoms with Crippen LogP contribution in [0.25, 0.3) is 0 Å². The van der Waals surface area contributed by atoms with Gasteiger partial charge in [-0.1, -0.05) is 11.6 Å². The Hall–Kier alpha value is -1.24. The Balaban J connectivity index is 1.58.